The molecule has 0 aliphatic rings. The molecule has 0 heterocycles. The minimum absolute atomic E-state index is 0.106. The van der Waals surface area contributed by atoms with Crippen molar-refractivity contribution in [3.8, 4) is 0 Å². The van der Waals surface area contributed by atoms with Crippen molar-refractivity contribution < 1.29 is 34.5 Å². The molecular formula is C20H38N4O7. The molecule has 11 nitrogen and oxygen atoms in total. The Balaban J connectivity index is 5.51. The third-order valence-corrected chi connectivity index (χ3v) is 5.46. The average Bonchev–Trinajstić information content (AvgIpc) is 2.70. The topological polar surface area (TPSA) is 191 Å². The van der Waals surface area contributed by atoms with Crippen LogP contribution in [0.3, 0.4) is 0 Å². The van der Waals surface area contributed by atoms with Gasteiger partial charge in [-0.1, -0.05) is 40.5 Å². The third kappa shape index (κ3) is 8.80. The fourth-order valence-electron chi connectivity index (χ4n) is 2.74. The number of carbonyl (C=O) groups excluding carboxylic acids is 3. The van der Waals surface area contributed by atoms with Crippen LogP contribution in [-0.2, 0) is 19.2 Å². The molecule has 0 saturated carbocycles. The monoisotopic (exact) mass is 446 g/mol. The molecule has 3 amide bonds. The Morgan fingerprint density at radius 2 is 1.10 bits per heavy atom. The number of amides is 3. The van der Waals surface area contributed by atoms with E-state index in [1.165, 1.54) is 13.8 Å². The van der Waals surface area contributed by atoms with Crippen LogP contribution in [0.5, 0.6) is 0 Å². The number of carboxylic acid groups (broad SMARTS) is 1. The van der Waals surface area contributed by atoms with E-state index in [9.17, 15) is 29.4 Å². The number of hydrogen-bond donors (Lipinski definition) is 7. The molecule has 0 aromatic carbocycles. The first kappa shape index (κ1) is 28.8. The third-order valence-electron chi connectivity index (χ3n) is 5.46. The highest BCUT2D eigenvalue weighted by Gasteiger charge is 2.35. The summed E-state index contributed by atoms with van der Waals surface area (Å²) in [5.41, 5.74) is 5.94. The van der Waals surface area contributed by atoms with E-state index in [-0.39, 0.29) is 11.8 Å². The Bertz CT molecular complexity index is 627. The zero-order valence-corrected chi connectivity index (χ0v) is 19.1. The van der Waals surface area contributed by atoms with Crippen LogP contribution in [0.15, 0.2) is 0 Å². The summed E-state index contributed by atoms with van der Waals surface area (Å²) in [5, 5.41) is 35.7. The predicted molar refractivity (Wildman–Crippen MR) is 114 cm³/mol. The maximum atomic E-state index is 12.9. The summed E-state index contributed by atoms with van der Waals surface area (Å²) in [4.78, 5) is 49.1. The fraction of sp³-hybridized carbons (Fsp3) is 0.800. The molecule has 31 heavy (non-hydrogen) atoms. The summed E-state index contributed by atoms with van der Waals surface area (Å²) in [5.74, 6) is -4.10. The van der Waals surface area contributed by atoms with Gasteiger partial charge in [0.2, 0.25) is 17.7 Å². The minimum atomic E-state index is -1.62. The Morgan fingerprint density at radius 1 is 0.710 bits per heavy atom. The lowest BCUT2D eigenvalue weighted by Gasteiger charge is -2.29. The van der Waals surface area contributed by atoms with Gasteiger partial charge >= 0.3 is 5.97 Å². The maximum Gasteiger partial charge on any atom is 0.328 e. The van der Waals surface area contributed by atoms with E-state index in [1.54, 1.807) is 6.92 Å². The van der Waals surface area contributed by atoms with E-state index in [2.05, 4.69) is 16.0 Å². The van der Waals surface area contributed by atoms with Crippen molar-refractivity contribution in [3.63, 3.8) is 0 Å². The van der Waals surface area contributed by atoms with Gasteiger partial charge in [0.05, 0.1) is 18.2 Å². The molecule has 8 unspecified atom stereocenters. The quantitative estimate of drug-likeness (QED) is 0.182. The number of hydrogen-bond acceptors (Lipinski definition) is 7. The highest BCUT2D eigenvalue weighted by atomic mass is 16.4. The SMILES string of the molecule is CCC(C)C(N)C(=O)NC(C(=O)NC(C(=O)NC(C(=O)O)C(C)O)C(C)O)C(C)CC. The molecule has 0 radical (unpaired) electrons. The minimum Gasteiger partial charge on any atom is -0.480 e. The predicted octanol–water partition coefficient (Wildman–Crippen LogP) is -1.29. The van der Waals surface area contributed by atoms with Gasteiger partial charge < -0.3 is 37.0 Å². The second-order valence-electron chi connectivity index (χ2n) is 8.08. The van der Waals surface area contributed by atoms with E-state index in [4.69, 9.17) is 10.8 Å². The van der Waals surface area contributed by atoms with Crippen molar-refractivity contribution in [1.29, 1.82) is 0 Å². The first-order chi connectivity index (χ1) is 14.3. The number of nitrogens with one attached hydrogen (secondary N) is 3. The number of aliphatic carboxylic acids is 1. The van der Waals surface area contributed by atoms with Gasteiger partial charge in [0, 0.05) is 0 Å². The second-order valence-corrected chi connectivity index (χ2v) is 8.08. The molecule has 0 aliphatic heterocycles. The number of aliphatic hydroxyl groups excluding tert-OH is 2. The molecule has 0 fully saturated rings. The van der Waals surface area contributed by atoms with Gasteiger partial charge in [-0.3, -0.25) is 14.4 Å². The molecule has 0 saturated heterocycles. The number of rotatable bonds is 13. The van der Waals surface area contributed by atoms with Gasteiger partial charge in [0.25, 0.3) is 0 Å². The van der Waals surface area contributed by atoms with Crippen LogP contribution in [0.1, 0.15) is 54.4 Å². The molecule has 0 aromatic rings. The van der Waals surface area contributed by atoms with Crippen LogP contribution in [0.2, 0.25) is 0 Å². The summed E-state index contributed by atoms with van der Waals surface area (Å²) in [6.07, 6.45) is -1.57. The van der Waals surface area contributed by atoms with Gasteiger partial charge in [-0.15, -0.1) is 0 Å². The Hall–Kier alpha value is -2.24. The summed E-state index contributed by atoms with van der Waals surface area (Å²) in [6.45, 7) is 9.70. The van der Waals surface area contributed by atoms with Crippen LogP contribution >= 0.6 is 0 Å². The largest absolute Gasteiger partial charge is 0.480 e. The normalized spacial score (nSPS) is 19.0. The van der Waals surface area contributed by atoms with Gasteiger partial charge in [-0.05, 0) is 25.7 Å². The zero-order valence-electron chi connectivity index (χ0n) is 19.1. The Labute approximate surface area is 183 Å². The standard InChI is InChI=1S/C20H38N4O7/c1-7-9(3)13(21)17(27)22-14(10(4)8-2)18(28)23-15(11(5)25)19(29)24-16(12(6)26)20(30)31/h9-16,25-26H,7-8,21H2,1-6H3,(H,22,27)(H,23,28)(H,24,29)(H,30,31). The second kappa shape index (κ2) is 13.2. The van der Waals surface area contributed by atoms with Crippen molar-refractivity contribution >= 4 is 23.7 Å². The summed E-state index contributed by atoms with van der Waals surface area (Å²) in [6, 6.07) is -4.96. The molecule has 0 rings (SSSR count). The van der Waals surface area contributed by atoms with Crippen LogP contribution in [0, 0.1) is 11.8 Å². The number of carbonyl (C=O) groups is 4. The average molecular weight is 447 g/mol. The van der Waals surface area contributed by atoms with Crippen molar-refractivity contribution in [2.45, 2.75) is 90.8 Å². The lowest BCUT2D eigenvalue weighted by molar-refractivity contribution is -0.146. The first-order valence-corrected chi connectivity index (χ1v) is 10.5. The van der Waals surface area contributed by atoms with E-state index < -0.39 is 60.1 Å². The lowest BCUT2D eigenvalue weighted by atomic mass is 9.95. The zero-order chi connectivity index (χ0) is 24.5. The highest BCUT2D eigenvalue weighted by molar-refractivity contribution is 5.94. The van der Waals surface area contributed by atoms with Crippen molar-refractivity contribution in [3.05, 3.63) is 0 Å². The summed E-state index contributed by atoms with van der Waals surface area (Å²) in [7, 11) is 0. The van der Waals surface area contributed by atoms with Crippen LogP contribution in [0.25, 0.3) is 0 Å². The van der Waals surface area contributed by atoms with Crippen molar-refractivity contribution in [1.82, 2.24) is 16.0 Å². The lowest BCUT2D eigenvalue weighted by Crippen LogP contribution is -2.62. The van der Waals surface area contributed by atoms with Crippen LogP contribution in [0.4, 0.5) is 0 Å². The van der Waals surface area contributed by atoms with Gasteiger partial charge in [-0.2, -0.15) is 0 Å². The molecule has 11 heteroatoms. The Morgan fingerprint density at radius 3 is 1.48 bits per heavy atom. The molecule has 0 spiro atoms. The molecular weight excluding hydrogens is 408 g/mol. The summed E-state index contributed by atoms with van der Waals surface area (Å²) < 4.78 is 0. The molecule has 180 valence electrons. The Kier molecular flexibility index (Phi) is 12.3. The number of nitrogens with two attached hydrogens (primary N) is 1. The van der Waals surface area contributed by atoms with Gasteiger partial charge in [0.15, 0.2) is 6.04 Å². The molecule has 0 bridgehead atoms. The van der Waals surface area contributed by atoms with E-state index in [1.807, 2.05) is 20.8 Å². The highest BCUT2D eigenvalue weighted by Crippen LogP contribution is 2.11. The van der Waals surface area contributed by atoms with Crippen LogP contribution < -0.4 is 21.7 Å². The van der Waals surface area contributed by atoms with Gasteiger partial charge in [-0.25, -0.2) is 4.79 Å². The van der Waals surface area contributed by atoms with Crippen molar-refractivity contribution in [2.75, 3.05) is 0 Å². The number of carboxylic acids is 1. The molecule has 8 atom stereocenters. The van der Waals surface area contributed by atoms with Gasteiger partial charge in [0.1, 0.15) is 12.1 Å². The van der Waals surface area contributed by atoms with E-state index in [0.717, 1.165) is 0 Å². The maximum absolute atomic E-state index is 12.9. The number of aliphatic hydroxyl groups is 2. The fourth-order valence-corrected chi connectivity index (χ4v) is 2.74. The molecule has 0 aliphatic carbocycles. The summed E-state index contributed by atoms with van der Waals surface area (Å²) >= 11 is 0. The smallest absolute Gasteiger partial charge is 0.328 e. The molecule has 8 N–H and O–H groups in total. The first-order valence-electron chi connectivity index (χ1n) is 10.5. The molecule has 0 aromatic heterocycles. The van der Waals surface area contributed by atoms with E-state index >= 15 is 0 Å². The van der Waals surface area contributed by atoms with E-state index in [0.29, 0.717) is 12.8 Å². The van der Waals surface area contributed by atoms with Crippen LogP contribution in [-0.4, -0.2) is 75.4 Å². The van der Waals surface area contributed by atoms with Crippen molar-refractivity contribution in [2.24, 2.45) is 17.6 Å².